The van der Waals surface area contributed by atoms with Gasteiger partial charge >= 0.3 is 0 Å². The van der Waals surface area contributed by atoms with Gasteiger partial charge in [-0.05, 0) is 29.8 Å². The van der Waals surface area contributed by atoms with E-state index < -0.39 is 13.0 Å². The molecular weight excluding hydrogens is 576 g/mol. The van der Waals surface area contributed by atoms with E-state index in [9.17, 15) is 14.0 Å². The third-order valence-electron chi connectivity index (χ3n) is 5.62. The minimum absolute atomic E-state index is 0.00626. The molecule has 0 spiro atoms. The van der Waals surface area contributed by atoms with E-state index in [1.54, 1.807) is 36.4 Å². The van der Waals surface area contributed by atoms with Gasteiger partial charge in [0.25, 0.3) is 6.43 Å². The van der Waals surface area contributed by atoms with Crippen molar-refractivity contribution in [2.45, 2.75) is 17.2 Å². The lowest BCUT2D eigenvalue weighted by Crippen LogP contribution is -2.25. The number of halogens is 3. The summed E-state index contributed by atoms with van der Waals surface area (Å²) >= 11 is 8.71. The van der Waals surface area contributed by atoms with Crippen molar-refractivity contribution in [1.82, 2.24) is 9.97 Å². The molecule has 2 heterocycles. The van der Waals surface area contributed by atoms with E-state index in [0.717, 1.165) is 16.3 Å². The Labute approximate surface area is 243 Å². The molecule has 0 aliphatic rings. The van der Waals surface area contributed by atoms with Crippen LogP contribution < -0.4 is 9.64 Å². The molecule has 12 heteroatoms. The van der Waals surface area contributed by atoms with Gasteiger partial charge < -0.3 is 14.7 Å². The molecule has 40 heavy (non-hydrogen) atoms. The summed E-state index contributed by atoms with van der Waals surface area (Å²) in [4.78, 5) is 14.1. The number of benzene rings is 2. The zero-order valence-electron chi connectivity index (χ0n) is 21.1. The van der Waals surface area contributed by atoms with Crippen LogP contribution in [0.5, 0.6) is 5.75 Å². The number of rotatable bonds is 11. The summed E-state index contributed by atoms with van der Waals surface area (Å²) in [5.74, 6) is 0.932. The van der Waals surface area contributed by atoms with Gasteiger partial charge in [0.05, 0.1) is 31.0 Å². The van der Waals surface area contributed by atoms with Crippen LogP contribution in [0.15, 0.2) is 58.9 Å². The number of aromatic nitrogens is 2. The highest BCUT2D eigenvalue weighted by Gasteiger charge is 2.25. The molecule has 4 aromatic rings. The van der Waals surface area contributed by atoms with Gasteiger partial charge in [0.2, 0.25) is 5.69 Å². The van der Waals surface area contributed by atoms with E-state index in [1.807, 2.05) is 17.5 Å². The van der Waals surface area contributed by atoms with Gasteiger partial charge in [-0.1, -0.05) is 47.6 Å². The lowest BCUT2D eigenvalue weighted by atomic mass is 9.99. The van der Waals surface area contributed by atoms with Gasteiger partial charge in [0.1, 0.15) is 34.3 Å². The van der Waals surface area contributed by atoms with Crippen molar-refractivity contribution in [2.24, 2.45) is 0 Å². The van der Waals surface area contributed by atoms with Crippen LogP contribution in [0.3, 0.4) is 0 Å². The molecule has 2 aromatic heterocycles. The van der Waals surface area contributed by atoms with E-state index >= 15 is 0 Å². The number of hydrogen-bond acceptors (Lipinski definition) is 8. The van der Waals surface area contributed by atoms with Crippen molar-refractivity contribution in [2.75, 3.05) is 31.7 Å². The standard InChI is InChI=1S/C28H22ClF2N5O2S2/c1-33-25-24(17-5-9-21(10-6-17)38-12-11-37)22(13-32)28(35-26(25)36(2)14-23(30)31)40-16-20-15-39-27(34-20)18-3-7-19(29)8-4-18/h3-10,15,23,37H,11-12,14,16H2,2H3. The minimum Gasteiger partial charge on any atom is -0.491 e. The third-order valence-corrected chi connectivity index (χ3v) is 7.82. The number of thiazole rings is 1. The number of ether oxygens (including phenoxy) is 1. The summed E-state index contributed by atoms with van der Waals surface area (Å²) in [6.07, 6.45) is -2.65. The largest absolute Gasteiger partial charge is 0.491 e. The summed E-state index contributed by atoms with van der Waals surface area (Å²) in [5, 5.41) is 22.8. The Balaban J connectivity index is 1.74. The second kappa shape index (κ2) is 13.6. The predicted molar refractivity (Wildman–Crippen MR) is 155 cm³/mol. The van der Waals surface area contributed by atoms with Crippen molar-refractivity contribution in [3.63, 3.8) is 0 Å². The van der Waals surface area contributed by atoms with Crippen molar-refractivity contribution in [3.05, 3.63) is 81.6 Å². The van der Waals surface area contributed by atoms with Crippen LogP contribution in [-0.4, -0.2) is 48.3 Å². The van der Waals surface area contributed by atoms with Gasteiger partial charge in [0, 0.05) is 34.3 Å². The van der Waals surface area contributed by atoms with E-state index in [0.29, 0.717) is 32.7 Å². The molecule has 4 rings (SSSR count). The quantitative estimate of drug-likeness (QED) is 0.143. The molecule has 0 aliphatic carbocycles. The number of thioether (sulfide) groups is 1. The number of alkyl halides is 2. The molecule has 1 N–H and O–H groups in total. The average Bonchev–Trinajstić information content (AvgIpc) is 3.43. The van der Waals surface area contributed by atoms with Crippen LogP contribution in [0, 0.1) is 17.9 Å². The summed E-state index contributed by atoms with van der Waals surface area (Å²) in [7, 11) is 1.44. The molecular formula is C28H22ClF2N5O2S2. The molecule has 0 bridgehead atoms. The Bertz CT molecular complexity index is 1550. The van der Waals surface area contributed by atoms with Crippen LogP contribution in [0.2, 0.25) is 5.02 Å². The van der Waals surface area contributed by atoms with Crippen molar-refractivity contribution < 1.29 is 18.6 Å². The smallest absolute Gasteiger partial charge is 0.255 e. The van der Waals surface area contributed by atoms with Crippen LogP contribution in [-0.2, 0) is 5.75 Å². The monoisotopic (exact) mass is 597 g/mol. The predicted octanol–water partition coefficient (Wildman–Crippen LogP) is 7.31. The first-order valence-electron chi connectivity index (χ1n) is 11.9. The summed E-state index contributed by atoms with van der Waals surface area (Å²) in [5.41, 5.74) is 2.70. The zero-order chi connectivity index (χ0) is 28.6. The lowest BCUT2D eigenvalue weighted by molar-refractivity contribution is 0.156. The normalized spacial score (nSPS) is 10.8. The Morgan fingerprint density at radius 1 is 1.18 bits per heavy atom. The highest BCUT2D eigenvalue weighted by molar-refractivity contribution is 7.98. The number of nitriles is 1. The number of hydrogen-bond donors (Lipinski definition) is 1. The van der Waals surface area contributed by atoms with Crippen molar-refractivity contribution in [3.8, 4) is 33.5 Å². The fraction of sp³-hybridized carbons (Fsp3) is 0.214. The number of pyridine rings is 1. The Morgan fingerprint density at radius 3 is 2.50 bits per heavy atom. The molecule has 0 amide bonds. The Morgan fingerprint density at radius 2 is 1.88 bits per heavy atom. The molecule has 0 fully saturated rings. The number of nitrogens with zero attached hydrogens (tertiary/aromatic N) is 5. The Kier molecular flexibility index (Phi) is 9.91. The molecule has 0 saturated heterocycles. The van der Waals surface area contributed by atoms with Crippen LogP contribution >= 0.6 is 34.7 Å². The maximum absolute atomic E-state index is 13.3. The van der Waals surface area contributed by atoms with Crippen molar-refractivity contribution in [1.29, 1.82) is 5.26 Å². The number of aliphatic hydroxyl groups is 1. The average molecular weight is 598 g/mol. The van der Waals surface area contributed by atoms with Gasteiger partial charge in [-0.2, -0.15) is 5.26 Å². The van der Waals surface area contributed by atoms with Gasteiger partial charge in [0.15, 0.2) is 0 Å². The maximum atomic E-state index is 13.3. The van der Waals surface area contributed by atoms with E-state index in [-0.39, 0.29) is 30.3 Å². The Hall–Kier alpha value is -3.74. The molecule has 7 nitrogen and oxygen atoms in total. The van der Waals surface area contributed by atoms with E-state index in [1.165, 1.54) is 35.0 Å². The summed E-state index contributed by atoms with van der Waals surface area (Å²) < 4.78 is 32.0. The van der Waals surface area contributed by atoms with Gasteiger partial charge in [-0.15, -0.1) is 11.3 Å². The first kappa shape index (κ1) is 29.2. The first-order valence-corrected chi connectivity index (χ1v) is 14.1. The minimum atomic E-state index is -2.65. The van der Waals surface area contributed by atoms with E-state index in [2.05, 4.69) is 20.9 Å². The molecule has 204 valence electrons. The van der Waals surface area contributed by atoms with Gasteiger partial charge in [-0.3, -0.25) is 0 Å². The van der Waals surface area contributed by atoms with Crippen LogP contribution in [0.1, 0.15) is 11.3 Å². The molecule has 0 saturated carbocycles. The van der Waals surface area contributed by atoms with Gasteiger partial charge in [-0.25, -0.2) is 23.6 Å². The zero-order valence-corrected chi connectivity index (χ0v) is 23.5. The molecule has 0 atom stereocenters. The van der Waals surface area contributed by atoms with Crippen LogP contribution in [0.4, 0.5) is 20.3 Å². The summed E-state index contributed by atoms with van der Waals surface area (Å²) in [6.45, 7) is 7.19. The van der Waals surface area contributed by atoms with Crippen molar-refractivity contribution >= 4 is 46.2 Å². The topological polar surface area (TPSA) is 86.6 Å². The third kappa shape index (κ3) is 6.87. The fourth-order valence-corrected chi connectivity index (χ4v) is 5.75. The molecule has 0 unspecified atom stereocenters. The molecule has 0 aliphatic heterocycles. The highest BCUT2D eigenvalue weighted by Crippen LogP contribution is 2.44. The second-order valence-corrected chi connectivity index (χ2v) is 10.6. The number of aliphatic hydroxyl groups excluding tert-OH is 1. The van der Waals surface area contributed by atoms with Crippen LogP contribution in [0.25, 0.3) is 26.5 Å². The molecule has 0 radical (unpaired) electrons. The SMILES string of the molecule is [C-]#[N+]c1c(N(C)CC(F)F)nc(SCc2csc(-c3ccc(Cl)cc3)n2)c(C#N)c1-c1ccc(OCCO)cc1. The maximum Gasteiger partial charge on any atom is 0.255 e. The molecule has 2 aromatic carbocycles. The highest BCUT2D eigenvalue weighted by atomic mass is 35.5. The summed E-state index contributed by atoms with van der Waals surface area (Å²) in [6, 6.07) is 16.2. The second-order valence-electron chi connectivity index (χ2n) is 8.37. The first-order chi connectivity index (χ1) is 19.3. The fourth-order valence-electron chi connectivity index (χ4n) is 3.82. The van der Waals surface area contributed by atoms with E-state index in [4.69, 9.17) is 28.0 Å². The lowest BCUT2D eigenvalue weighted by Gasteiger charge is -2.22. The number of anilines is 1.